The highest BCUT2D eigenvalue weighted by atomic mass is 35.5. The van der Waals surface area contributed by atoms with Crippen LogP contribution in [0.25, 0.3) is 0 Å². The molecule has 1 aromatic carbocycles. The summed E-state index contributed by atoms with van der Waals surface area (Å²) >= 11 is 11.5. The number of rotatable bonds is 3. The molecule has 0 fully saturated rings. The summed E-state index contributed by atoms with van der Waals surface area (Å²) in [5, 5.41) is 3.37. The molecule has 3 nitrogen and oxygen atoms in total. The van der Waals surface area contributed by atoms with E-state index in [0.29, 0.717) is 15.7 Å². The zero-order valence-corrected chi connectivity index (χ0v) is 9.31. The molecule has 5 heteroatoms. The number of amides is 1. The van der Waals surface area contributed by atoms with Gasteiger partial charge in [-0.05, 0) is 18.2 Å². The van der Waals surface area contributed by atoms with E-state index in [9.17, 15) is 4.79 Å². The van der Waals surface area contributed by atoms with Crippen LogP contribution in [0, 0.1) is 0 Å². The van der Waals surface area contributed by atoms with Gasteiger partial charge in [0.05, 0.1) is 0 Å². The van der Waals surface area contributed by atoms with Gasteiger partial charge in [-0.25, -0.2) is 4.79 Å². The lowest BCUT2D eigenvalue weighted by atomic mass is 10.3. The zero-order chi connectivity index (χ0) is 11.3. The highest BCUT2D eigenvalue weighted by molar-refractivity contribution is 6.35. The minimum absolute atomic E-state index is 0.153. The molecule has 0 heterocycles. The van der Waals surface area contributed by atoms with Crippen molar-refractivity contribution in [1.29, 1.82) is 0 Å². The molecule has 1 amide bonds. The number of carbonyl (C=O) groups excluding carboxylic acids is 1. The maximum absolute atomic E-state index is 11.1. The number of ether oxygens (including phenoxy) is 1. The van der Waals surface area contributed by atoms with Crippen LogP contribution < -0.4 is 5.32 Å². The molecule has 0 aromatic heterocycles. The Morgan fingerprint density at radius 1 is 1.40 bits per heavy atom. The summed E-state index contributed by atoms with van der Waals surface area (Å²) < 4.78 is 4.72. The Balaban J connectivity index is 2.63. The van der Waals surface area contributed by atoms with Crippen molar-refractivity contribution < 1.29 is 9.53 Å². The molecule has 0 saturated heterocycles. The fraction of sp³-hybridized carbons (Fsp3) is 0.100. The number of halogens is 2. The summed E-state index contributed by atoms with van der Waals surface area (Å²) in [4.78, 5) is 11.1. The lowest BCUT2D eigenvalue weighted by molar-refractivity contribution is 0.174. The Kier molecular flexibility index (Phi) is 4.46. The second-order valence-corrected chi connectivity index (χ2v) is 3.54. The van der Waals surface area contributed by atoms with Crippen molar-refractivity contribution >= 4 is 35.0 Å². The zero-order valence-electron chi connectivity index (χ0n) is 7.80. The van der Waals surface area contributed by atoms with Crippen molar-refractivity contribution in [2.24, 2.45) is 0 Å². The van der Waals surface area contributed by atoms with Gasteiger partial charge in [-0.1, -0.05) is 35.9 Å². The molecule has 80 valence electrons. The summed E-state index contributed by atoms with van der Waals surface area (Å²) in [5.41, 5.74) is 0.488. The van der Waals surface area contributed by atoms with E-state index in [0.717, 1.165) is 0 Å². The molecule has 0 spiro atoms. The molecule has 1 rings (SSSR count). The smallest absolute Gasteiger partial charge is 0.411 e. The Morgan fingerprint density at radius 3 is 2.53 bits per heavy atom. The first-order valence-corrected chi connectivity index (χ1v) is 4.88. The minimum Gasteiger partial charge on any atom is -0.445 e. The van der Waals surface area contributed by atoms with Crippen LogP contribution in [-0.4, -0.2) is 12.7 Å². The Morgan fingerprint density at radius 2 is 2.00 bits per heavy atom. The van der Waals surface area contributed by atoms with Crippen molar-refractivity contribution in [2.75, 3.05) is 11.9 Å². The number of anilines is 1. The molecule has 0 aliphatic carbocycles. The molecule has 0 aliphatic heterocycles. The topological polar surface area (TPSA) is 38.3 Å². The number of hydrogen-bond acceptors (Lipinski definition) is 2. The second kappa shape index (κ2) is 5.63. The first kappa shape index (κ1) is 11.9. The highest BCUT2D eigenvalue weighted by Crippen LogP contribution is 2.22. The van der Waals surface area contributed by atoms with E-state index in [-0.39, 0.29) is 6.61 Å². The van der Waals surface area contributed by atoms with E-state index in [1.807, 2.05) is 0 Å². The molecule has 0 aliphatic rings. The average molecular weight is 246 g/mol. The van der Waals surface area contributed by atoms with Gasteiger partial charge in [-0.15, -0.1) is 0 Å². The van der Waals surface area contributed by atoms with Gasteiger partial charge < -0.3 is 4.74 Å². The SMILES string of the molecule is C=CCOC(=O)Nc1cc(Cl)cc(Cl)c1. The minimum atomic E-state index is -0.576. The molecule has 0 radical (unpaired) electrons. The van der Waals surface area contributed by atoms with E-state index in [2.05, 4.69) is 11.9 Å². The van der Waals surface area contributed by atoms with Gasteiger partial charge in [0.25, 0.3) is 0 Å². The maximum Gasteiger partial charge on any atom is 0.411 e. The van der Waals surface area contributed by atoms with Crippen LogP contribution in [-0.2, 0) is 4.74 Å². The standard InChI is InChI=1S/C10H9Cl2NO2/c1-2-3-15-10(14)13-9-5-7(11)4-8(12)6-9/h2,4-6H,1,3H2,(H,13,14). The molecule has 0 bridgehead atoms. The predicted octanol–water partition coefficient (Wildman–Crippen LogP) is 3.73. The molecule has 15 heavy (non-hydrogen) atoms. The Bertz CT molecular complexity index is 359. The van der Waals surface area contributed by atoms with E-state index in [1.165, 1.54) is 6.08 Å². The van der Waals surface area contributed by atoms with E-state index in [1.54, 1.807) is 18.2 Å². The van der Waals surface area contributed by atoms with Gasteiger partial charge in [0.15, 0.2) is 0 Å². The average Bonchev–Trinajstić information content (AvgIpc) is 2.13. The lowest BCUT2D eigenvalue weighted by Crippen LogP contribution is -2.13. The molecular weight excluding hydrogens is 237 g/mol. The van der Waals surface area contributed by atoms with Crippen LogP contribution in [0.1, 0.15) is 0 Å². The van der Waals surface area contributed by atoms with Crippen molar-refractivity contribution in [3.05, 3.63) is 40.9 Å². The molecule has 1 aromatic rings. The van der Waals surface area contributed by atoms with Crippen molar-refractivity contribution in [3.63, 3.8) is 0 Å². The lowest BCUT2D eigenvalue weighted by Gasteiger charge is -2.05. The largest absolute Gasteiger partial charge is 0.445 e. The van der Waals surface area contributed by atoms with E-state index < -0.39 is 6.09 Å². The van der Waals surface area contributed by atoms with Crippen LogP contribution >= 0.6 is 23.2 Å². The van der Waals surface area contributed by atoms with Crippen molar-refractivity contribution in [1.82, 2.24) is 0 Å². The second-order valence-electron chi connectivity index (χ2n) is 2.67. The summed E-state index contributed by atoms with van der Waals surface area (Å²) in [6.45, 7) is 3.57. The van der Waals surface area contributed by atoms with Crippen molar-refractivity contribution in [2.45, 2.75) is 0 Å². The third-order valence-electron chi connectivity index (χ3n) is 1.44. The maximum atomic E-state index is 11.1. The quantitative estimate of drug-likeness (QED) is 0.825. The normalized spacial score (nSPS) is 9.47. The number of benzene rings is 1. The van der Waals surface area contributed by atoms with Gasteiger partial charge >= 0.3 is 6.09 Å². The van der Waals surface area contributed by atoms with Gasteiger partial charge in [-0.2, -0.15) is 0 Å². The third kappa shape index (κ3) is 4.23. The summed E-state index contributed by atoms with van der Waals surface area (Å²) in [6.07, 6.45) is 0.901. The van der Waals surface area contributed by atoms with Crippen LogP contribution in [0.5, 0.6) is 0 Å². The molecule has 0 atom stereocenters. The monoisotopic (exact) mass is 245 g/mol. The molecular formula is C10H9Cl2NO2. The van der Waals surface area contributed by atoms with Gasteiger partial charge in [0.2, 0.25) is 0 Å². The Labute approximate surface area is 97.6 Å². The number of carbonyl (C=O) groups is 1. The molecule has 0 saturated carbocycles. The molecule has 1 N–H and O–H groups in total. The van der Waals surface area contributed by atoms with E-state index >= 15 is 0 Å². The van der Waals surface area contributed by atoms with Crippen LogP contribution in [0.2, 0.25) is 10.0 Å². The highest BCUT2D eigenvalue weighted by Gasteiger charge is 2.03. The van der Waals surface area contributed by atoms with Gasteiger partial charge in [-0.3, -0.25) is 5.32 Å². The summed E-state index contributed by atoms with van der Waals surface area (Å²) in [5.74, 6) is 0. The molecule has 0 unspecified atom stereocenters. The first-order valence-electron chi connectivity index (χ1n) is 4.12. The first-order chi connectivity index (χ1) is 7.11. The van der Waals surface area contributed by atoms with Crippen LogP contribution in [0.3, 0.4) is 0 Å². The van der Waals surface area contributed by atoms with Gasteiger partial charge in [0.1, 0.15) is 6.61 Å². The van der Waals surface area contributed by atoms with Gasteiger partial charge in [0, 0.05) is 15.7 Å². The van der Waals surface area contributed by atoms with E-state index in [4.69, 9.17) is 27.9 Å². The van der Waals surface area contributed by atoms with Crippen LogP contribution in [0.4, 0.5) is 10.5 Å². The third-order valence-corrected chi connectivity index (χ3v) is 1.88. The summed E-state index contributed by atoms with van der Waals surface area (Å²) in [7, 11) is 0. The number of hydrogen-bond donors (Lipinski definition) is 1. The Hall–Kier alpha value is -1.19. The summed E-state index contributed by atoms with van der Waals surface area (Å²) in [6, 6.07) is 4.72. The van der Waals surface area contributed by atoms with Crippen molar-refractivity contribution in [3.8, 4) is 0 Å². The fourth-order valence-electron chi connectivity index (χ4n) is 0.915. The van der Waals surface area contributed by atoms with Crippen LogP contribution in [0.15, 0.2) is 30.9 Å². The predicted molar refractivity (Wildman–Crippen MR) is 61.6 cm³/mol. The fourth-order valence-corrected chi connectivity index (χ4v) is 1.44. The number of nitrogens with one attached hydrogen (secondary N) is 1.